The zero-order valence-corrected chi connectivity index (χ0v) is 11.0. The summed E-state index contributed by atoms with van der Waals surface area (Å²) in [5.74, 6) is 1.16. The number of fused-ring (bicyclic) bond motifs is 1. The van der Waals surface area contributed by atoms with E-state index in [0.717, 1.165) is 16.0 Å². The highest BCUT2D eigenvalue weighted by atomic mass is 32.1. The molecular weight excluding hydrogens is 262 g/mol. The maximum atomic E-state index is 12.1. The number of amides is 1. The molecule has 3 rings (SSSR count). The molecule has 0 fully saturated rings. The Bertz CT molecular complexity index is 715. The summed E-state index contributed by atoms with van der Waals surface area (Å²) in [6.07, 6.45) is 0. The first-order chi connectivity index (χ1) is 9.28. The maximum absolute atomic E-state index is 12.1. The van der Waals surface area contributed by atoms with Crippen LogP contribution in [0.5, 0.6) is 5.75 Å². The Morgan fingerprint density at radius 3 is 2.84 bits per heavy atom. The van der Waals surface area contributed by atoms with Gasteiger partial charge in [-0.1, -0.05) is 0 Å². The normalized spacial score (nSPS) is 10.6. The Hall–Kier alpha value is -2.34. The summed E-state index contributed by atoms with van der Waals surface area (Å²) < 4.78 is 5.06. The summed E-state index contributed by atoms with van der Waals surface area (Å²) in [5.41, 5.74) is 0.568. The molecule has 0 radical (unpaired) electrons. The fourth-order valence-corrected chi connectivity index (χ4v) is 2.50. The number of hydrogen-bond acceptors (Lipinski definition) is 4. The first-order valence-electron chi connectivity index (χ1n) is 5.65. The van der Waals surface area contributed by atoms with E-state index in [2.05, 4.69) is 15.5 Å². The summed E-state index contributed by atoms with van der Waals surface area (Å²) in [4.78, 5) is 13.0. The molecule has 5 nitrogen and oxygen atoms in total. The smallest absolute Gasteiger partial charge is 0.256 e. The van der Waals surface area contributed by atoms with Crippen LogP contribution in [0.4, 0.5) is 5.82 Å². The van der Waals surface area contributed by atoms with Crippen LogP contribution in [0.25, 0.3) is 10.2 Å². The number of benzene rings is 1. The molecule has 19 heavy (non-hydrogen) atoms. The van der Waals surface area contributed by atoms with Crippen molar-refractivity contribution < 1.29 is 9.53 Å². The number of methoxy groups -OCH3 is 1. The number of aromatic amines is 1. The number of hydrogen-bond donors (Lipinski definition) is 2. The topological polar surface area (TPSA) is 67.0 Å². The number of carbonyl (C=O) groups is 1. The molecule has 3 aromatic rings. The number of ether oxygens (including phenoxy) is 1. The van der Waals surface area contributed by atoms with E-state index in [-0.39, 0.29) is 5.91 Å². The van der Waals surface area contributed by atoms with Crippen molar-refractivity contribution in [3.8, 4) is 5.75 Å². The van der Waals surface area contributed by atoms with Crippen LogP contribution in [0.1, 0.15) is 10.4 Å². The first-order valence-corrected chi connectivity index (χ1v) is 6.53. The van der Waals surface area contributed by atoms with Gasteiger partial charge in [0.15, 0.2) is 0 Å². The highest BCUT2D eigenvalue weighted by Crippen LogP contribution is 2.25. The number of carbonyl (C=O) groups excluding carboxylic acids is 1. The molecule has 1 aromatic carbocycles. The Morgan fingerprint density at radius 1 is 1.32 bits per heavy atom. The number of nitrogens with one attached hydrogen (secondary N) is 2. The highest BCUT2D eigenvalue weighted by Gasteiger charge is 2.11. The van der Waals surface area contributed by atoms with Gasteiger partial charge in [0.25, 0.3) is 5.91 Å². The minimum Gasteiger partial charge on any atom is -0.497 e. The molecule has 0 aliphatic carbocycles. The largest absolute Gasteiger partial charge is 0.497 e. The van der Waals surface area contributed by atoms with E-state index >= 15 is 0 Å². The second kappa shape index (κ2) is 4.74. The molecule has 0 aliphatic rings. The van der Waals surface area contributed by atoms with Crippen molar-refractivity contribution in [1.82, 2.24) is 10.2 Å². The van der Waals surface area contributed by atoms with Crippen LogP contribution in [0.15, 0.2) is 35.7 Å². The average Bonchev–Trinajstić information content (AvgIpc) is 3.04. The first kappa shape index (κ1) is 11.7. The summed E-state index contributed by atoms with van der Waals surface area (Å²) in [5, 5.41) is 12.6. The number of nitrogens with zero attached hydrogens (tertiary/aromatic N) is 1. The lowest BCUT2D eigenvalue weighted by atomic mass is 10.2. The molecule has 0 unspecified atom stereocenters. The fourth-order valence-electron chi connectivity index (χ4n) is 1.77. The van der Waals surface area contributed by atoms with Crippen molar-refractivity contribution in [3.05, 3.63) is 41.3 Å². The van der Waals surface area contributed by atoms with Gasteiger partial charge in [-0.05, 0) is 35.7 Å². The molecular formula is C13H11N3O2S. The van der Waals surface area contributed by atoms with Gasteiger partial charge in [-0.3, -0.25) is 9.89 Å². The Kier molecular flexibility index (Phi) is 2.92. The van der Waals surface area contributed by atoms with Crippen LogP contribution >= 0.6 is 11.3 Å². The molecule has 0 bridgehead atoms. The number of H-pyrrole nitrogens is 1. The average molecular weight is 273 g/mol. The van der Waals surface area contributed by atoms with E-state index < -0.39 is 0 Å². The standard InChI is InChI=1S/C13H11N3O2S/c1-18-9-4-2-8(3-5-9)12(17)14-11-10-6-7-19-13(10)16-15-11/h2-7H,1H3,(H2,14,15,16,17). The van der Waals surface area contributed by atoms with Gasteiger partial charge in [0, 0.05) is 5.56 Å². The zero-order valence-electron chi connectivity index (χ0n) is 10.1. The van der Waals surface area contributed by atoms with Crippen LogP contribution in [-0.4, -0.2) is 23.2 Å². The molecule has 1 amide bonds. The van der Waals surface area contributed by atoms with Gasteiger partial charge in [0.05, 0.1) is 12.5 Å². The quantitative estimate of drug-likeness (QED) is 0.771. The van der Waals surface area contributed by atoms with E-state index in [1.54, 1.807) is 31.4 Å². The van der Waals surface area contributed by atoms with Crippen LogP contribution in [0, 0.1) is 0 Å². The Balaban J connectivity index is 1.82. The molecule has 2 aromatic heterocycles. The molecule has 2 N–H and O–H groups in total. The van der Waals surface area contributed by atoms with Gasteiger partial charge in [0.2, 0.25) is 0 Å². The van der Waals surface area contributed by atoms with E-state index in [1.165, 1.54) is 11.3 Å². The second-order valence-corrected chi connectivity index (χ2v) is 4.82. The number of rotatable bonds is 3. The summed E-state index contributed by atoms with van der Waals surface area (Å²) in [6.45, 7) is 0. The molecule has 6 heteroatoms. The molecule has 0 saturated heterocycles. The number of thiophene rings is 1. The van der Waals surface area contributed by atoms with E-state index in [0.29, 0.717) is 11.4 Å². The molecule has 0 spiro atoms. The predicted molar refractivity (Wildman–Crippen MR) is 74.9 cm³/mol. The molecule has 0 saturated carbocycles. The van der Waals surface area contributed by atoms with Gasteiger partial charge >= 0.3 is 0 Å². The van der Waals surface area contributed by atoms with Crippen molar-refractivity contribution in [1.29, 1.82) is 0 Å². The zero-order chi connectivity index (χ0) is 13.2. The maximum Gasteiger partial charge on any atom is 0.256 e. The minimum absolute atomic E-state index is 0.181. The van der Waals surface area contributed by atoms with Crippen molar-refractivity contribution in [3.63, 3.8) is 0 Å². The van der Waals surface area contributed by atoms with E-state index in [9.17, 15) is 4.79 Å². The minimum atomic E-state index is -0.181. The third-order valence-corrected chi connectivity index (χ3v) is 3.58. The van der Waals surface area contributed by atoms with Gasteiger partial charge in [0.1, 0.15) is 16.4 Å². The van der Waals surface area contributed by atoms with Crippen LogP contribution in [0.2, 0.25) is 0 Å². The highest BCUT2D eigenvalue weighted by molar-refractivity contribution is 7.16. The van der Waals surface area contributed by atoms with Crippen LogP contribution in [0.3, 0.4) is 0 Å². The third kappa shape index (κ3) is 2.17. The lowest BCUT2D eigenvalue weighted by molar-refractivity contribution is 0.102. The van der Waals surface area contributed by atoms with Crippen molar-refractivity contribution in [2.75, 3.05) is 12.4 Å². The second-order valence-electron chi connectivity index (χ2n) is 3.92. The van der Waals surface area contributed by atoms with Crippen molar-refractivity contribution in [2.24, 2.45) is 0 Å². The SMILES string of the molecule is COc1ccc(C(=O)Nc2[nH]nc3sccc23)cc1. The monoisotopic (exact) mass is 273 g/mol. The summed E-state index contributed by atoms with van der Waals surface area (Å²) >= 11 is 1.53. The summed E-state index contributed by atoms with van der Waals surface area (Å²) in [7, 11) is 1.59. The molecule has 0 atom stereocenters. The fraction of sp³-hybridized carbons (Fsp3) is 0.0769. The third-order valence-electron chi connectivity index (χ3n) is 2.77. The number of anilines is 1. The van der Waals surface area contributed by atoms with E-state index in [1.807, 2.05) is 11.4 Å². The molecule has 96 valence electrons. The van der Waals surface area contributed by atoms with Crippen LogP contribution in [-0.2, 0) is 0 Å². The van der Waals surface area contributed by atoms with Gasteiger partial charge in [-0.15, -0.1) is 11.3 Å². The predicted octanol–water partition coefficient (Wildman–Crippen LogP) is 2.89. The Labute approximate surface area is 113 Å². The van der Waals surface area contributed by atoms with Gasteiger partial charge in [-0.2, -0.15) is 5.10 Å². The molecule has 0 aliphatic heterocycles. The number of aromatic nitrogens is 2. The van der Waals surface area contributed by atoms with Crippen molar-refractivity contribution in [2.45, 2.75) is 0 Å². The van der Waals surface area contributed by atoms with Crippen LogP contribution < -0.4 is 10.1 Å². The lowest BCUT2D eigenvalue weighted by Crippen LogP contribution is -2.12. The summed E-state index contributed by atoms with van der Waals surface area (Å²) in [6, 6.07) is 8.86. The van der Waals surface area contributed by atoms with Gasteiger partial charge in [-0.25, -0.2) is 0 Å². The van der Waals surface area contributed by atoms with Gasteiger partial charge < -0.3 is 10.1 Å². The lowest BCUT2D eigenvalue weighted by Gasteiger charge is -2.04. The Morgan fingerprint density at radius 2 is 2.11 bits per heavy atom. The van der Waals surface area contributed by atoms with Crippen molar-refractivity contribution >= 4 is 33.3 Å². The van der Waals surface area contributed by atoms with E-state index in [4.69, 9.17) is 4.74 Å². The molecule has 2 heterocycles.